The van der Waals surface area contributed by atoms with Crippen LogP contribution in [-0.4, -0.2) is 52.8 Å². The van der Waals surface area contributed by atoms with Crippen LogP contribution < -0.4 is 0 Å². The molecule has 2 aromatic rings. The lowest BCUT2D eigenvalue weighted by molar-refractivity contribution is 0.0537. The number of hydrogen-bond acceptors (Lipinski definition) is 4. The highest BCUT2D eigenvalue weighted by molar-refractivity contribution is 7.13. The fraction of sp³-hybridized carbons (Fsp3) is 0.450. The van der Waals surface area contributed by atoms with Gasteiger partial charge < -0.3 is 9.80 Å². The zero-order valence-corrected chi connectivity index (χ0v) is 17.4. The Kier molecular flexibility index (Phi) is 6.17. The van der Waals surface area contributed by atoms with E-state index in [0.29, 0.717) is 42.7 Å². The van der Waals surface area contributed by atoms with Gasteiger partial charge in [0.2, 0.25) is 0 Å². The number of piperazine rings is 1. The minimum atomic E-state index is -0.0213. The van der Waals surface area contributed by atoms with Crippen LogP contribution in [0, 0.1) is 12.8 Å². The van der Waals surface area contributed by atoms with Crippen LogP contribution in [0.25, 0.3) is 0 Å². The predicted molar refractivity (Wildman–Crippen MR) is 109 cm³/mol. The second-order valence-electron chi connectivity index (χ2n) is 7.21. The van der Waals surface area contributed by atoms with Crippen molar-refractivity contribution in [2.24, 2.45) is 5.92 Å². The van der Waals surface area contributed by atoms with Crippen LogP contribution >= 0.6 is 22.9 Å². The van der Waals surface area contributed by atoms with E-state index in [9.17, 15) is 9.59 Å². The number of nitrogens with zero attached hydrogens (tertiary/aromatic N) is 3. The zero-order chi connectivity index (χ0) is 19.6. The molecule has 0 bridgehead atoms. The first kappa shape index (κ1) is 19.8. The highest BCUT2D eigenvalue weighted by atomic mass is 35.5. The number of carbonyl (C=O) groups excluding carboxylic acids is 2. The molecule has 0 aliphatic carbocycles. The first-order valence-electron chi connectivity index (χ1n) is 9.15. The summed E-state index contributed by atoms with van der Waals surface area (Å²) >= 11 is 7.38. The van der Waals surface area contributed by atoms with Crippen molar-refractivity contribution in [3.63, 3.8) is 0 Å². The lowest BCUT2D eigenvalue weighted by Crippen LogP contribution is -2.50. The molecule has 5 nitrogen and oxygen atoms in total. The molecule has 1 saturated heterocycles. The van der Waals surface area contributed by atoms with Crippen molar-refractivity contribution >= 4 is 34.8 Å². The molecule has 3 rings (SSSR count). The van der Waals surface area contributed by atoms with E-state index in [1.807, 2.05) is 11.8 Å². The Balaban J connectivity index is 1.62. The monoisotopic (exact) mass is 405 g/mol. The Morgan fingerprint density at radius 2 is 1.63 bits per heavy atom. The Morgan fingerprint density at radius 3 is 2.19 bits per heavy atom. The minimum absolute atomic E-state index is 0.0213. The molecule has 1 aromatic carbocycles. The molecule has 0 saturated carbocycles. The highest BCUT2D eigenvalue weighted by Gasteiger charge is 2.27. The van der Waals surface area contributed by atoms with Gasteiger partial charge in [-0.1, -0.05) is 25.4 Å². The molecule has 0 atom stereocenters. The van der Waals surface area contributed by atoms with E-state index in [-0.39, 0.29) is 11.8 Å². The molecule has 27 heavy (non-hydrogen) atoms. The summed E-state index contributed by atoms with van der Waals surface area (Å²) in [5.74, 6) is 0.520. The van der Waals surface area contributed by atoms with Crippen LogP contribution in [0.15, 0.2) is 24.3 Å². The van der Waals surface area contributed by atoms with Crippen molar-refractivity contribution in [3.8, 4) is 0 Å². The number of aryl methyl sites for hydroxylation is 1. The molecular formula is C20H24ClN3O2S. The third kappa shape index (κ3) is 4.68. The SMILES string of the molecule is Cc1nc(CC(C)C)sc1C(=O)N1CCN(C(=O)c2ccc(Cl)cc2)CC1. The number of halogens is 1. The molecule has 1 aliphatic heterocycles. The molecule has 7 heteroatoms. The Bertz CT molecular complexity index is 824. The molecule has 144 valence electrons. The standard InChI is InChI=1S/C20H24ClN3O2S/c1-13(2)12-17-22-14(3)18(27-17)20(26)24-10-8-23(9-11-24)19(25)15-4-6-16(21)7-5-15/h4-7,13H,8-12H2,1-3H3. The molecule has 1 aliphatic rings. The van der Waals surface area contributed by atoms with Crippen molar-refractivity contribution in [3.05, 3.63) is 50.4 Å². The minimum Gasteiger partial charge on any atom is -0.335 e. The van der Waals surface area contributed by atoms with Gasteiger partial charge in [0.05, 0.1) is 10.7 Å². The van der Waals surface area contributed by atoms with E-state index in [2.05, 4.69) is 18.8 Å². The number of rotatable bonds is 4. The topological polar surface area (TPSA) is 53.5 Å². The Morgan fingerprint density at radius 1 is 1.07 bits per heavy atom. The molecule has 0 spiro atoms. The summed E-state index contributed by atoms with van der Waals surface area (Å²) in [7, 11) is 0. The fourth-order valence-electron chi connectivity index (χ4n) is 3.12. The van der Waals surface area contributed by atoms with Crippen LogP contribution in [0.5, 0.6) is 0 Å². The smallest absolute Gasteiger partial charge is 0.265 e. The summed E-state index contributed by atoms with van der Waals surface area (Å²) in [6, 6.07) is 6.91. The van der Waals surface area contributed by atoms with Gasteiger partial charge in [-0.05, 0) is 37.1 Å². The average Bonchev–Trinajstić information content (AvgIpc) is 3.00. The van der Waals surface area contributed by atoms with E-state index in [0.717, 1.165) is 22.0 Å². The van der Waals surface area contributed by atoms with Gasteiger partial charge in [0.15, 0.2) is 0 Å². The third-order valence-corrected chi connectivity index (χ3v) is 5.98. The van der Waals surface area contributed by atoms with Crippen LogP contribution in [0.3, 0.4) is 0 Å². The maximum Gasteiger partial charge on any atom is 0.265 e. The highest BCUT2D eigenvalue weighted by Crippen LogP contribution is 2.23. The van der Waals surface area contributed by atoms with Crippen molar-refractivity contribution < 1.29 is 9.59 Å². The van der Waals surface area contributed by atoms with Crippen molar-refractivity contribution in [1.29, 1.82) is 0 Å². The van der Waals surface area contributed by atoms with Crippen LogP contribution in [0.4, 0.5) is 0 Å². The number of carbonyl (C=O) groups is 2. The van der Waals surface area contributed by atoms with E-state index in [4.69, 9.17) is 11.6 Å². The molecule has 2 amide bonds. The second-order valence-corrected chi connectivity index (χ2v) is 8.73. The fourth-order valence-corrected chi connectivity index (χ4v) is 4.49. The molecule has 2 heterocycles. The summed E-state index contributed by atoms with van der Waals surface area (Å²) in [6.07, 6.45) is 0.891. The van der Waals surface area contributed by atoms with Crippen molar-refractivity contribution in [2.45, 2.75) is 27.2 Å². The van der Waals surface area contributed by atoms with Crippen LogP contribution in [0.2, 0.25) is 5.02 Å². The Hall–Kier alpha value is -1.92. The van der Waals surface area contributed by atoms with E-state index in [1.54, 1.807) is 29.2 Å². The van der Waals surface area contributed by atoms with Gasteiger partial charge >= 0.3 is 0 Å². The zero-order valence-electron chi connectivity index (χ0n) is 15.9. The molecule has 0 unspecified atom stereocenters. The van der Waals surface area contributed by atoms with Crippen LogP contribution in [-0.2, 0) is 6.42 Å². The second kappa shape index (κ2) is 8.40. The number of hydrogen-bond donors (Lipinski definition) is 0. The summed E-state index contributed by atoms with van der Waals surface area (Å²) in [5, 5.41) is 1.63. The first-order chi connectivity index (χ1) is 12.8. The number of aromatic nitrogens is 1. The summed E-state index contributed by atoms with van der Waals surface area (Å²) in [6.45, 7) is 8.33. The maximum atomic E-state index is 12.9. The molecule has 0 radical (unpaired) electrons. The normalized spacial score (nSPS) is 14.7. The molecule has 0 N–H and O–H groups in total. The Labute approximate surface area is 169 Å². The summed E-state index contributed by atoms with van der Waals surface area (Å²) in [4.78, 5) is 34.4. The van der Waals surface area contributed by atoms with Gasteiger partial charge in [0, 0.05) is 43.2 Å². The predicted octanol–water partition coefficient (Wildman–Crippen LogP) is 3.90. The van der Waals surface area contributed by atoms with Gasteiger partial charge in [-0.3, -0.25) is 9.59 Å². The van der Waals surface area contributed by atoms with E-state index >= 15 is 0 Å². The van der Waals surface area contributed by atoms with Gasteiger partial charge in [-0.15, -0.1) is 11.3 Å². The molecule has 1 aromatic heterocycles. The quantitative estimate of drug-likeness (QED) is 0.775. The molecular weight excluding hydrogens is 382 g/mol. The number of amides is 2. The number of benzene rings is 1. The van der Waals surface area contributed by atoms with Crippen molar-refractivity contribution in [1.82, 2.24) is 14.8 Å². The van der Waals surface area contributed by atoms with E-state index < -0.39 is 0 Å². The summed E-state index contributed by atoms with van der Waals surface area (Å²) < 4.78 is 0. The van der Waals surface area contributed by atoms with Gasteiger partial charge in [-0.2, -0.15) is 0 Å². The summed E-state index contributed by atoms with van der Waals surface area (Å²) in [5.41, 5.74) is 1.43. The average molecular weight is 406 g/mol. The number of thiazole rings is 1. The van der Waals surface area contributed by atoms with Gasteiger partial charge in [-0.25, -0.2) is 4.98 Å². The van der Waals surface area contributed by atoms with Crippen molar-refractivity contribution in [2.75, 3.05) is 26.2 Å². The lowest BCUT2D eigenvalue weighted by atomic mass is 10.1. The first-order valence-corrected chi connectivity index (χ1v) is 10.3. The van der Waals surface area contributed by atoms with Gasteiger partial charge in [0.25, 0.3) is 11.8 Å². The molecule has 1 fully saturated rings. The van der Waals surface area contributed by atoms with E-state index in [1.165, 1.54) is 11.3 Å². The maximum absolute atomic E-state index is 12.9. The lowest BCUT2D eigenvalue weighted by Gasteiger charge is -2.34. The van der Waals surface area contributed by atoms with Crippen LogP contribution in [0.1, 0.15) is 44.6 Å². The van der Waals surface area contributed by atoms with Gasteiger partial charge in [0.1, 0.15) is 4.88 Å². The largest absolute Gasteiger partial charge is 0.335 e. The third-order valence-electron chi connectivity index (χ3n) is 4.56.